The monoisotopic (exact) mass is 345 g/mol. The van der Waals surface area contributed by atoms with Gasteiger partial charge < -0.3 is 33.3 Å². The molecule has 0 bridgehead atoms. The Kier molecular flexibility index (Phi) is 5.24. The van der Waals surface area contributed by atoms with Gasteiger partial charge in [-0.25, -0.2) is 0 Å². The second-order valence-electron chi connectivity index (χ2n) is 7.93. The van der Waals surface area contributed by atoms with Gasteiger partial charge in [0, 0.05) is 6.61 Å². The lowest BCUT2D eigenvalue weighted by Gasteiger charge is -2.29. The van der Waals surface area contributed by atoms with Gasteiger partial charge in [-0.2, -0.15) is 0 Å². The highest BCUT2D eigenvalue weighted by Gasteiger charge is 2.58. The summed E-state index contributed by atoms with van der Waals surface area (Å²) < 4.78 is 35.8. The maximum atomic E-state index is 6.16. The Bertz CT molecular complexity index is 441. The highest BCUT2D eigenvalue weighted by atomic mass is 16.8. The van der Waals surface area contributed by atoms with Crippen LogP contribution in [0, 0.1) is 0 Å². The first-order valence-corrected chi connectivity index (χ1v) is 8.76. The molecule has 3 aliphatic rings. The van der Waals surface area contributed by atoms with Crippen LogP contribution in [-0.2, 0) is 28.4 Å². The van der Waals surface area contributed by atoms with E-state index in [1.54, 1.807) is 0 Å². The Morgan fingerprint density at radius 1 is 1.00 bits per heavy atom. The number of hydrogen-bond acceptors (Lipinski definition) is 7. The largest absolute Gasteiger partial charge is 0.372 e. The van der Waals surface area contributed by atoms with Crippen LogP contribution in [0.3, 0.4) is 0 Å². The van der Waals surface area contributed by atoms with Crippen molar-refractivity contribution in [3.63, 3.8) is 0 Å². The summed E-state index contributed by atoms with van der Waals surface area (Å²) in [5.74, 6) is -1.25. The number of fused-ring (bicyclic) bond motifs is 1. The van der Waals surface area contributed by atoms with Crippen molar-refractivity contribution in [2.24, 2.45) is 0 Å². The molecule has 0 spiro atoms. The van der Waals surface area contributed by atoms with E-state index < -0.39 is 17.9 Å². The van der Waals surface area contributed by atoms with Crippen LogP contribution < -0.4 is 0 Å². The lowest BCUT2D eigenvalue weighted by Crippen LogP contribution is -2.44. The summed E-state index contributed by atoms with van der Waals surface area (Å²) in [5.41, 5.74) is 0. The SMILES string of the molecule is CN(C)CCCO[C@@H]1[C@H]2OC(C)(C)O[C@H]2O[C@@H]1[C@H]1COC(C)(C)O1. The molecule has 5 atom stereocenters. The Balaban J connectivity index is 1.64. The molecule has 0 aromatic heterocycles. The molecule has 0 N–H and O–H groups in total. The topological polar surface area (TPSA) is 58.6 Å². The minimum atomic E-state index is -0.655. The third-order valence-electron chi connectivity index (χ3n) is 4.48. The molecule has 0 unspecified atom stereocenters. The van der Waals surface area contributed by atoms with Gasteiger partial charge in [0.05, 0.1) is 6.61 Å². The summed E-state index contributed by atoms with van der Waals surface area (Å²) in [7, 11) is 4.11. The van der Waals surface area contributed by atoms with Gasteiger partial charge in [-0.3, -0.25) is 0 Å². The van der Waals surface area contributed by atoms with Crippen LogP contribution in [0.4, 0.5) is 0 Å². The van der Waals surface area contributed by atoms with E-state index in [1.807, 2.05) is 27.7 Å². The molecule has 0 aliphatic carbocycles. The average Bonchev–Trinajstić information content (AvgIpc) is 3.04. The quantitative estimate of drug-likeness (QED) is 0.674. The van der Waals surface area contributed by atoms with Crippen molar-refractivity contribution in [2.75, 3.05) is 33.9 Å². The predicted molar refractivity (Wildman–Crippen MR) is 86.5 cm³/mol. The van der Waals surface area contributed by atoms with Gasteiger partial charge in [0.1, 0.15) is 24.4 Å². The summed E-state index contributed by atoms with van der Waals surface area (Å²) in [5, 5.41) is 0. The first kappa shape index (κ1) is 18.5. The van der Waals surface area contributed by atoms with Gasteiger partial charge in [-0.05, 0) is 54.8 Å². The highest BCUT2D eigenvalue weighted by Crippen LogP contribution is 2.41. The smallest absolute Gasteiger partial charge is 0.190 e. The summed E-state index contributed by atoms with van der Waals surface area (Å²) >= 11 is 0. The van der Waals surface area contributed by atoms with E-state index in [0.717, 1.165) is 13.0 Å². The van der Waals surface area contributed by atoms with Crippen molar-refractivity contribution < 1.29 is 28.4 Å². The number of hydrogen-bond donors (Lipinski definition) is 0. The molecule has 3 rings (SSSR count). The van der Waals surface area contributed by atoms with Crippen LogP contribution in [-0.4, -0.2) is 81.0 Å². The van der Waals surface area contributed by atoms with Crippen LogP contribution in [0.2, 0.25) is 0 Å². The van der Waals surface area contributed by atoms with Crippen LogP contribution >= 0.6 is 0 Å². The Hall–Kier alpha value is -0.280. The van der Waals surface area contributed by atoms with Crippen molar-refractivity contribution in [3.8, 4) is 0 Å². The molecule has 0 amide bonds. The molecule has 3 saturated heterocycles. The molecule has 3 aliphatic heterocycles. The minimum absolute atomic E-state index is 0.181. The van der Waals surface area contributed by atoms with E-state index in [9.17, 15) is 0 Å². The fourth-order valence-corrected chi connectivity index (χ4v) is 3.47. The molecule has 140 valence electrons. The molecular weight excluding hydrogens is 314 g/mol. The summed E-state index contributed by atoms with van der Waals surface area (Å²) in [6.07, 6.45) is -0.364. The zero-order chi connectivity index (χ0) is 17.5. The lowest BCUT2D eigenvalue weighted by molar-refractivity contribution is -0.236. The maximum Gasteiger partial charge on any atom is 0.190 e. The van der Waals surface area contributed by atoms with E-state index in [1.165, 1.54) is 0 Å². The molecule has 0 aromatic rings. The first-order chi connectivity index (χ1) is 11.2. The van der Waals surface area contributed by atoms with E-state index in [-0.39, 0.29) is 24.4 Å². The van der Waals surface area contributed by atoms with Crippen LogP contribution in [0.5, 0.6) is 0 Å². The molecule has 24 heavy (non-hydrogen) atoms. The zero-order valence-corrected chi connectivity index (χ0v) is 15.6. The predicted octanol–water partition coefficient (Wildman–Crippen LogP) is 1.35. The van der Waals surface area contributed by atoms with Crippen molar-refractivity contribution in [1.82, 2.24) is 4.90 Å². The van der Waals surface area contributed by atoms with Crippen LogP contribution in [0.1, 0.15) is 34.1 Å². The summed E-state index contributed by atoms with van der Waals surface area (Å²) in [6.45, 7) is 9.71. The van der Waals surface area contributed by atoms with Crippen molar-refractivity contribution in [2.45, 2.75) is 76.4 Å². The van der Waals surface area contributed by atoms with Crippen LogP contribution in [0.25, 0.3) is 0 Å². The summed E-state index contributed by atoms with van der Waals surface area (Å²) in [6, 6.07) is 0. The molecule has 3 fully saturated rings. The van der Waals surface area contributed by atoms with Crippen LogP contribution in [0.15, 0.2) is 0 Å². The third kappa shape index (κ3) is 4.09. The van der Waals surface area contributed by atoms with E-state index in [2.05, 4.69) is 19.0 Å². The zero-order valence-electron chi connectivity index (χ0n) is 15.6. The van der Waals surface area contributed by atoms with Crippen molar-refractivity contribution >= 4 is 0 Å². The van der Waals surface area contributed by atoms with E-state index in [4.69, 9.17) is 28.4 Å². The molecule has 0 aromatic carbocycles. The van der Waals surface area contributed by atoms with Gasteiger partial charge in [-0.1, -0.05) is 0 Å². The molecule has 7 heteroatoms. The Labute approximate surface area is 144 Å². The highest BCUT2D eigenvalue weighted by molar-refractivity contribution is 4.98. The number of nitrogens with zero attached hydrogens (tertiary/aromatic N) is 1. The molecule has 7 nitrogen and oxygen atoms in total. The second kappa shape index (κ2) is 6.79. The molecule has 0 radical (unpaired) electrons. The average molecular weight is 345 g/mol. The normalized spacial score (nSPS) is 40.4. The standard InChI is InChI=1S/C17H31NO6/c1-16(2)20-10-11(22-16)12-13(19-9-7-8-18(5)6)14-15(21-12)24-17(3,4)23-14/h11-15H,7-10H2,1-6H3/t11-,12-,13+,14-,15-/m1/s1. The van der Waals surface area contributed by atoms with E-state index >= 15 is 0 Å². The fourth-order valence-electron chi connectivity index (χ4n) is 3.47. The Morgan fingerprint density at radius 2 is 1.75 bits per heavy atom. The second-order valence-corrected chi connectivity index (χ2v) is 7.93. The summed E-state index contributed by atoms with van der Waals surface area (Å²) in [4.78, 5) is 2.14. The number of ether oxygens (including phenoxy) is 6. The van der Waals surface area contributed by atoms with E-state index in [0.29, 0.717) is 13.2 Å². The maximum absolute atomic E-state index is 6.16. The fraction of sp³-hybridized carbons (Fsp3) is 1.00. The van der Waals surface area contributed by atoms with Gasteiger partial charge in [0.15, 0.2) is 17.9 Å². The molecule has 0 saturated carbocycles. The van der Waals surface area contributed by atoms with Gasteiger partial charge >= 0.3 is 0 Å². The lowest BCUT2D eigenvalue weighted by atomic mass is 10.1. The van der Waals surface area contributed by atoms with Gasteiger partial charge in [0.25, 0.3) is 0 Å². The molecular formula is C17H31NO6. The van der Waals surface area contributed by atoms with Gasteiger partial charge in [0.2, 0.25) is 0 Å². The third-order valence-corrected chi connectivity index (χ3v) is 4.48. The van der Waals surface area contributed by atoms with Gasteiger partial charge in [-0.15, -0.1) is 0 Å². The van der Waals surface area contributed by atoms with Crippen molar-refractivity contribution in [3.05, 3.63) is 0 Å². The van der Waals surface area contributed by atoms with Crippen molar-refractivity contribution in [1.29, 1.82) is 0 Å². The Morgan fingerprint density at radius 3 is 2.38 bits per heavy atom. The number of rotatable bonds is 6. The first-order valence-electron chi connectivity index (χ1n) is 8.76. The minimum Gasteiger partial charge on any atom is -0.372 e. The molecule has 3 heterocycles.